The summed E-state index contributed by atoms with van der Waals surface area (Å²) in [5.74, 6) is 0. The van der Waals surface area contributed by atoms with Gasteiger partial charge in [-0.3, -0.25) is 0 Å². The third-order valence-electron chi connectivity index (χ3n) is 12.8. The molecule has 0 radical (unpaired) electrons. The molecule has 11 aromatic carbocycles. The lowest BCUT2D eigenvalue weighted by atomic mass is 9.96. The van der Waals surface area contributed by atoms with Gasteiger partial charge in [0.2, 0.25) is 0 Å². The van der Waals surface area contributed by atoms with Crippen molar-refractivity contribution in [3.63, 3.8) is 0 Å². The summed E-state index contributed by atoms with van der Waals surface area (Å²) in [5, 5.41) is 7.51. The SMILES string of the molecule is c1ccc(-c2ccc(-c3ccc(N(c4ccc(-c5cccc6ccccc56)cc4)c4cccc(-c5cccc6c5c5c7ccccc7ccc5n6-c5ccccc5)c4)cc3)cc2)cc1. The molecule has 0 aliphatic carbocycles. The average molecular weight is 815 g/mol. The van der Waals surface area contributed by atoms with Crippen LogP contribution in [0.25, 0.3) is 93.5 Å². The van der Waals surface area contributed by atoms with Gasteiger partial charge < -0.3 is 9.47 Å². The molecule has 0 aliphatic heterocycles. The van der Waals surface area contributed by atoms with Crippen LogP contribution in [0.4, 0.5) is 17.1 Å². The minimum absolute atomic E-state index is 1.09. The van der Waals surface area contributed by atoms with Gasteiger partial charge in [-0.25, -0.2) is 0 Å². The highest BCUT2D eigenvalue weighted by molar-refractivity contribution is 6.25. The van der Waals surface area contributed by atoms with Crippen LogP contribution in [-0.4, -0.2) is 4.57 Å². The topological polar surface area (TPSA) is 8.17 Å². The van der Waals surface area contributed by atoms with E-state index in [4.69, 9.17) is 0 Å². The van der Waals surface area contributed by atoms with Gasteiger partial charge in [0.1, 0.15) is 0 Å². The summed E-state index contributed by atoms with van der Waals surface area (Å²) in [6.45, 7) is 0. The van der Waals surface area contributed by atoms with Crippen LogP contribution < -0.4 is 4.90 Å². The molecule has 64 heavy (non-hydrogen) atoms. The van der Waals surface area contributed by atoms with Crippen molar-refractivity contribution in [2.24, 2.45) is 0 Å². The highest BCUT2D eigenvalue weighted by atomic mass is 15.1. The quantitative estimate of drug-likeness (QED) is 0.148. The summed E-state index contributed by atoms with van der Waals surface area (Å²) in [6, 6.07) is 92.6. The van der Waals surface area contributed by atoms with E-state index in [1.54, 1.807) is 0 Å². The van der Waals surface area contributed by atoms with Crippen molar-refractivity contribution in [2.75, 3.05) is 4.90 Å². The monoisotopic (exact) mass is 814 g/mol. The fraction of sp³-hybridized carbons (Fsp3) is 0. The molecule has 0 fully saturated rings. The van der Waals surface area contributed by atoms with Crippen LogP contribution in [-0.2, 0) is 0 Å². The first-order valence-electron chi connectivity index (χ1n) is 22.0. The van der Waals surface area contributed by atoms with Gasteiger partial charge in [0.25, 0.3) is 0 Å². The molecule has 0 saturated carbocycles. The zero-order chi connectivity index (χ0) is 42.4. The second-order valence-corrected chi connectivity index (χ2v) is 16.5. The first-order chi connectivity index (χ1) is 31.7. The van der Waals surface area contributed by atoms with Crippen molar-refractivity contribution in [2.45, 2.75) is 0 Å². The number of fused-ring (bicyclic) bond motifs is 6. The fourth-order valence-corrected chi connectivity index (χ4v) is 9.74. The lowest BCUT2D eigenvalue weighted by Crippen LogP contribution is -2.10. The Bertz CT molecular complexity index is 3620. The Labute approximate surface area is 373 Å². The van der Waals surface area contributed by atoms with Gasteiger partial charge in [0, 0.05) is 33.5 Å². The van der Waals surface area contributed by atoms with Crippen molar-refractivity contribution in [3.8, 4) is 50.2 Å². The highest BCUT2D eigenvalue weighted by Gasteiger charge is 2.20. The molecule has 12 aromatic rings. The van der Waals surface area contributed by atoms with Crippen LogP contribution in [0.2, 0.25) is 0 Å². The van der Waals surface area contributed by atoms with Crippen molar-refractivity contribution in [1.82, 2.24) is 4.57 Å². The summed E-state index contributed by atoms with van der Waals surface area (Å²) in [6.07, 6.45) is 0. The molecule has 0 N–H and O–H groups in total. The third kappa shape index (κ3) is 6.52. The summed E-state index contributed by atoms with van der Waals surface area (Å²) in [7, 11) is 0. The van der Waals surface area contributed by atoms with Crippen LogP contribution >= 0.6 is 0 Å². The van der Waals surface area contributed by atoms with Gasteiger partial charge in [0.15, 0.2) is 0 Å². The van der Waals surface area contributed by atoms with Crippen molar-refractivity contribution in [1.29, 1.82) is 0 Å². The predicted molar refractivity (Wildman–Crippen MR) is 272 cm³/mol. The zero-order valence-corrected chi connectivity index (χ0v) is 35.1. The molecule has 0 saturated heterocycles. The summed E-state index contributed by atoms with van der Waals surface area (Å²) >= 11 is 0. The summed E-state index contributed by atoms with van der Waals surface area (Å²) < 4.78 is 2.42. The number of benzene rings is 11. The molecule has 0 atom stereocenters. The van der Waals surface area contributed by atoms with Crippen molar-refractivity contribution >= 4 is 60.4 Å². The lowest BCUT2D eigenvalue weighted by molar-refractivity contribution is 1.18. The Morgan fingerprint density at radius 3 is 1.45 bits per heavy atom. The maximum Gasteiger partial charge on any atom is 0.0547 e. The number of nitrogens with zero attached hydrogens (tertiary/aromatic N) is 2. The van der Waals surface area contributed by atoms with E-state index in [2.05, 4.69) is 264 Å². The van der Waals surface area contributed by atoms with E-state index in [0.29, 0.717) is 0 Å². The minimum atomic E-state index is 1.09. The Kier molecular flexibility index (Phi) is 9.20. The predicted octanol–water partition coefficient (Wildman–Crippen LogP) is 17.2. The smallest absolute Gasteiger partial charge is 0.0547 e. The van der Waals surface area contributed by atoms with E-state index in [1.807, 2.05) is 0 Å². The molecule has 1 aromatic heterocycles. The van der Waals surface area contributed by atoms with Crippen LogP contribution in [0.3, 0.4) is 0 Å². The zero-order valence-electron chi connectivity index (χ0n) is 35.1. The van der Waals surface area contributed by atoms with Gasteiger partial charge in [-0.1, -0.05) is 194 Å². The third-order valence-corrected chi connectivity index (χ3v) is 12.8. The van der Waals surface area contributed by atoms with E-state index in [0.717, 1.165) is 28.3 Å². The maximum absolute atomic E-state index is 2.42. The van der Waals surface area contributed by atoms with Gasteiger partial charge in [-0.15, -0.1) is 0 Å². The molecule has 300 valence electrons. The van der Waals surface area contributed by atoms with Crippen molar-refractivity contribution < 1.29 is 0 Å². The van der Waals surface area contributed by atoms with Gasteiger partial charge in [0.05, 0.1) is 11.0 Å². The summed E-state index contributed by atoms with van der Waals surface area (Å²) in [5.41, 5.74) is 16.4. The Hall–Kier alpha value is -8.46. The largest absolute Gasteiger partial charge is 0.310 e. The Balaban J connectivity index is 1.00. The molecule has 12 rings (SSSR count). The number of para-hydroxylation sites is 1. The summed E-state index contributed by atoms with van der Waals surface area (Å²) in [4.78, 5) is 2.39. The van der Waals surface area contributed by atoms with E-state index in [9.17, 15) is 0 Å². The first-order valence-corrected chi connectivity index (χ1v) is 22.0. The van der Waals surface area contributed by atoms with E-state index in [1.165, 1.54) is 82.3 Å². The maximum atomic E-state index is 2.42. The normalized spacial score (nSPS) is 11.4. The van der Waals surface area contributed by atoms with Crippen LogP contribution in [0, 0.1) is 0 Å². The van der Waals surface area contributed by atoms with E-state index >= 15 is 0 Å². The number of hydrogen-bond donors (Lipinski definition) is 0. The molecule has 2 heteroatoms. The Morgan fingerprint density at radius 2 is 0.750 bits per heavy atom. The van der Waals surface area contributed by atoms with E-state index in [-0.39, 0.29) is 0 Å². The molecule has 0 spiro atoms. The number of anilines is 3. The van der Waals surface area contributed by atoms with Crippen LogP contribution in [0.5, 0.6) is 0 Å². The first kappa shape index (κ1) is 37.3. The fourth-order valence-electron chi connectivity index (χ4n) is 9.74. The van der Waals surface area contributed by atoms with Gasteiger partial charge >= 0.3 is 0 Å². The molecule has 0 amide bonds. The molecule has 0 aliphatic rings. The van der Waals surface area contributed by atoms with Crippen LogP contribution in [0.15, 0.2) is 255 Å². The van der Waals surface area contributed by atoms with Gasteiger partial charge in [-0.2, -0.15) is 0 Å². The lowest BCUT2D eigenvalue weighted by Gasteiger charge is -2.26. The van der Waals surface area contributed by atoms with Gasteiger partial charge in [-0.05, 0) is 127 Å². The molecule has 0 bridgehead atoms. The second-order valence-electron chi connectivity index (χ2n) is 16.5. The number of hydrogen-bond acceptors (Lipinski definition) is 1. The molecule has 1 heterocycles. The highest BCUT2D eigenvalue weighted by Crippen LogP contribution is 2.44. The van der Waals surface area contributed by atoms with Crippen LogP contribution in [0.1, 0.15) is 0 Å². The average Bonchev–Trinajstić information content (AvgIpc) is 3.73. The number of aromatic nitrogens is 1. The Morgan fingerprint density at radius 1 is 0.266 bits per heavy atom. The standard InChI is InChI=1S/C62H42N2/c1-3-14-43(15-4-1)44-28-30-45(31-29-44)46-32-37-52(38-33-46)63(53-39-34-49(35-40-53)56-25-12-18-47-16-7-9-23-55(47)56)54-22-11-19-50(42-54)58-26-13-27-59-62(58)61-57-24-10-8-17-48(57)36-41-60(61)64(59)51-20-5-2-6-21-51/h1-42H. The second kappa shape index (κ2) is 15.8. The molecule has 0 unspecified atom stereocenters. The van der Waals surface area contributed by atoms with E-state index < -0.39 is 0 Å². The molecule has 2 nitrogen and oxygen atoms in total. The number of rotatable bonds is 8. The molecular formula is C62H42N2. The van der Waals surface area contributed by atoms with Crippen molar-refractivity contribution in [3.05, 3.63) is 255 Å². The molecular weight excluding hydrogens is 773 g/mol. The minimum Gasteiger partial charge on any atom is -0.310 e.